The molecule has 0 radical (unpaired) electrons. The number of rotatable bonds is 1. The van der Waals surface area contributed by atoms with Gasteiger partial charge in [0, 0.05) is 12.1 Å². The van der Waals surface area contributed by atoms with E-state index in [0.29, 0.717) is 10.1 Å². The van der Waals surface area contributed by atoms with Gasteiger partial charge in [-0.05, 0) is 28.1 Å². The van der Waals surface area contributed by atoms with Crippen molar-refractivity contribution >= 4 is 21.4 Å². The molecule has 2 rings (SSSR count). The fourth-order valence-corrected chi connectivity index (χ4v) is 2.05. The van der Waals surface area contributed by atoms with Crippen molar-refractivity contribution in [3.05, 3.63) is 34.6 Å². The van der Waals surface area contributed by atoms with Crippen molar-refractivity contribution in [3.8, 4) is 0 Å². The number of imidazole rings is 1. The lowest BCUT2D eigenvalue weighted by atomic mass is 10.2. The van der Waals surface area contributed by atoms with Gasteiger partial charge in [0.05, 0.1) is 0 Å². The SMILES string of the molecule is CC(C)c1nc(Br)c2c(F)cccn12. The van der Waals surface area contributed by atoms with Crippen LogP contribution in [0.25, 0.3) is 5.52 Å². The predicted octanol–water partition coefficient (Wildman–Crippen LogP) is 3.36. The summed E-state index contributed by atoms with van der Waals surface area (Å²) in [5, 5.41) is 0. The third kappa shape index (κ3) is 1.34. The summed E-state index contributed by atoms with van der Waals surface area (Å²) in [7, 11) is 0. The summed E-state index contributed by atoms with van der Waals surface area (Å²) in [5.74, 6) is 0.890. The summed E-state index contributed by atoms with van der Waals surface area (Å²) in [4.78, 5) is 4.29. The van der Waals surface area contributed by atoms with E-state index in [4.69, 9.17) is 0 Å². The number of hydrogen-bond donors (Lipinski definition) is 0. The summed E-state index contributed by atoms with van der Waals surface area (Å²) >= 11 is 3.26. The topological polar surface area (TPSA) is 17.3 Å². The smallest absolute Gasteiger partial charge is 0.150 e. The van der Waals surface area contributed by atoms with Crippen LogP contribution in [-0.2, 0) is 0 Å². The minimum Gasteiger partial charge on any atom is -0.300 e. The van der Waals surface area contributed by atoms with E-state index in [0.717, 1.165) is 5.82 Å². The monoisotopic (exact) mass is 256 g/mol. The van der Waals surface area contributed by atoms with Gasteiger partial charge in [-0.25, -0.2) is 9.37 Å². The van der Waals surface area contributed by atoms with Gasteiger partial charge in [-0.1, -0.05) is 13.8 Å². The second-order valence-electron chi connectivity index (χ2n) is 3.49. The van der Waals surface area contributed by atoms with Crippen molar-refractivity contribution in [2.75, 3.05) is 0 Å². The third-order valence-electron chi connectivity index (χ3n) is 2.12. The van der Waals surface area contributed by atoms with Crippen LogP contribution in [0.2, 0.25) is 0 Å². The van der Waals surface area contributed by atoms with E-state index in [-0.39, 0.29) is 11.7 Å². The fourth-order valence-electron chi connectivity index (χ4n) is 1.49. The quantitative estimate of drug-likeness (QED) is 0.765. The molecule has 0 fully saturated rings. The first-order valence-corrected chi connectivity index (χ1v) is 5.22. The van der Waals surface area contributed by atoms with Crippen LogP contribution in [0.4, 0.5) is 4.39 Å². The minimum atomic E-state index is -0.251. The highest BCUT2D eigenvalue weighted by Crippen LogP contribution is 2.25. The first kappa shape index (κ1) is 9.65. The number of aromatic nitrogens is 2. The van der Waals surface area contributed by atoms with E-state index < -0.39 is 0 Å². The molecule has 2 aromatic heterocycles. The van der Waals surface area contributed by atoms with Crippen molar-refractivity contribution < 1.29 is 4.39 Å². The zero-order valence-corrected chi connectivity index (χ0v) is 9.55. The summed E-state index contributed by atoms with van der Waals surface area (Å²) in [6, 6.07) is 3.12. The standard InChI is InChI=1S/C10H10BrFN2/c1-6(2)10-13-9(11)8-7(12)4-3-5-14(8)10/h3-6H,1-2H3. The molecule has 0 amide bonds. The molecule has 0 aliphatic rings. The van der Waals surface area contributed by atoms with Crippen LogP contribution in [0.1, 0.15) is 25.6 Å². The molecular weight excluding hydrogens is 247 g/mol. The second kappa shape index (κ2) is 3.35. The molecular formula is C10H10BrFN2. The van der Waals surface area contributed by atoms with E-state index >= 15 is 0 Å². The zero-order chi connectivity index (χ0) is 10.3. The maximum Gasteiger partial charge on any atom is 0.150 e. The van der Waals surface area contributed by atoms with E-state index in [1.54, 1.807) is 10.5 Å². The first-order chi connectivity index (χ1) is 6.61. The van der Waals surface area contributed by atoms with Crippen molar-refractivity contribution in [2.45, 2.75) is 19.8 Å². The molecule has 14 heavy (non-hydrogen) atoms. The van der Waals surface area contributed by atoms with Gasteiger partial charge in [-0.3, -0.25) is 4.40 Å². The van der Waals surface area contributed by atoms with Gasteiger partial charge in [-0.15, -0.1) is 0 Å². The molecule has 0 atom stereocenters. The Kier molecular flexibility index (Phi) is 2.31. The van der Waals surface area contributed by atoms with Gasteiger partial charge in [0.1, 0.15) is 21.8 Å². The Labute approximate surface area is 89.9 Å². The summed E-state index contributed by atoms with van der Waals surface area (Å²) in [6.07, 6.45) is 1.82. The molecule has 0 aliphatic carbocycles. The van der Waals surface area contributed by atoms with Crippen LogP contribution in [0, 0.1) is 5.82 Å². The van der Waals surface area contributed by atoms with Gasteiger partial charge in [0.15, 0.2) is 0 Å². The number of pyridine rings is 1. The Morgan fingerprint density at radius 1 is 1.50 bits per heavy atom. The van der Waals surface area contributed by atoms with Crippen molar-refractivity contribution in [1.82, 2.24) is 9.38 Å². The highest BCUT2D eigenvalue weighted by Gasteiger charge is 2.14. The summed E-state index contributed by atoms with van der Waals surface area (Å²) in [6.45, 7) is 4.07. The first-order valence-electron chi connectivity index (χ1n) is 4.43. The lowest BCUT2D eigenvalue weighted by Gasteiger charge is -2.03. The Bertz CT molecular complexity index is 476. The zero-order valence-electron chi connectivity index (χ0n) is 7.96. The second-order valence-corrected chi connectivity index (χ2v) is 4.24. The van der Waals surface area contributed by atoms with Gasteiger partial charge >= 0.3 is 0 Å². The van der Waals surface area contributed by atoms with E-state index in [1.165, 1.54) is 6.07 Å². The number of halogens is 2. The Balaban J connectivity index is 2.84. The largest absolute Gasteiger partial charge is 0.300 e. The lowest BCUT2D eigenvalue weighted by Crippen LogP contribution is -1.96. The van der Waals surface area contributed by atoms with Crippen molar-refractivity contribution in [1.29, 1.82) is 0 Å². The fraction of sp³-hybridized carbons (Fsp3) is 0.300. The maximum atomic E-state index is 13.4. The molecule has 4 heteroatoms. The van der Waals surface area contributed by atoms with Crippen LogP contribution in [0.15, 0.2) is 22.9 Å². The van der Waals surface area contributed by atoms with Gasteiger partial charge in [-0.2, -0.15) is 0 Å². The van der Waals surface area contributed by atoms with Crippen molar-refractivity contribution in [2.24, 2.45) is 0 Å². The molecule has 0 aliphatic heterocycles. The predicted molar refractivity (Wildman–Crippen MR) is 56.9 cm³/mol. The van der Waals surface area contributed by atoms with Crippen LogP contribution >= 0.6 is 15.9 Å². The minimum absolute atomic E-state index is 0.251. The molecule has 0 saturated heterocycles. The molecule has 0 bridgehead atoms. The molecule has 0 saturated carbocycles. The molecule has 0 N–H and O–H groups in total. The van der Waals surface area contributed by atoms with E-state index in [2.05, 4.69) is 20.9 Å². The molecule has 2 nitrogen and oxygen atoms in total. The molecule has 0 aromatic carbocycles. The molecule has 2 aromatic rings. The van der Waals surface area contributed by atoms with E-state index in [9.17, 15) is 4.39 Å². The molecule has 2 heterocycles. The van der Waals surface area contributed by atoms with Crippen LogP contribution in [0.3, 0.4) is 0 Å². The Hall–Kier alpha value is -0.900. The molecule has 0 unspecified atom stereocenters. The maximum absolute atomic E-state index is 13.4. The summed E-state index contributed by atoms with van der Waals surface area (Å²) in [5.41, 5.74) is 0.510. The highest BCUT2D eigenvalue weighted by molar-refractivity contribution is 9.10. The molecule has 0 spiro atoms. The van der Waals surface area contributed by atoms with Gasteiger partial charge in [0.25, 0.3) is 0 Å². The third-order valence-corrected chi connectivity index (χ3v) is 2.67. The summed E-state index contributed by atoms with van der Waals surface area (Å²) < 4.78 is 15.8. The van der Waals surface area contributed by atoms with E-state index in [1.807, 2.05) is 20.0 Å². The van der Waals surface area contributed by atoms with Crippen LogP contribution in [-0.4, -0.2) is 9.38 Å². The normalized spacial score (nSPS) is 11.5. The Morgan fingerprint density at radius 3 is 2.86 bits per heavy atom. The lowest BCUT2D eigenvalue weighted by molar-refractivity contribution is 0.631. The van der Waals surface area contributed by atoms with Crippen LogP contribution < -0.4 is 0 Å². The number of hydrogen-bond acceptors (Lipinski definition) is 1. The number of fused-ring (bicyclic) bond motifs is 1. The van der Waals surface area contributed by atoms with Crippen LogP contribution in [0.5, 0.6) is 0 Å². The Morgan fingerprint density at radius 2 is 2.21 bits per heavy atom. The van der Waals surface area contributed by atoms with Gasteiger partial charge < -0.3 is 0 Å². The average Bonchev–Trinajstić information content (AvgIpc) is 2.45. The highest BCUT2D eigenvalue weighted by atomic mass is 79.9. The number of nitrogens with zero attached hydrogens (tertiary/aromatic N) is 2. The average molecular weight is 257 g/mol. The van der Waals surface area contributed by atoms with Gasteiger partial charge in [0.2, 0.25) is 0 Å². The molecule has 74 valence electrons. The van der Waals surface area contributed by atoms with Crippen molar-refractivity contribution in [3.63, 3.8) is 0 Å².